The monoisotopic (exact) mass is 518 g/mol. The van der Waals surface area contributed by atoms with Crippen LogP contribution in [0.1, 0.15) is 22.4 Å². The number of thioether (sulfide) groups is 1. The number of aromatic nitrogens is 1. The molecule has 0 saturated carbocycles. The molecule has 0 aliphatic carbocycles. The first-order chi connectivity index (χ1) is 18.0. The molecule has 0 fully saturated rings. The zero-order valence-electron chi connectivity index (χ0n) is 21.5. The number of fused-ring (bicyclic) bond motifs is 1. The third kappa shape index (κ3) is 5.82. The summed E-state index contributed by atoms with van der Waals surface area (Å²) in [5, 5.41) is 13.8. The van der Waals surface area contributed by atoms with E-state index in [1.807, 2.05) is 49.5 Å². The van der Waals surface area contributed by atoms with Gasteiger partial charge in [-0.05, 0) is 35.9 Å². The summed E-state index contributed by atoms with van der Waals surface area (Å²) in [6.45, 7) is 1.97. The number of hydrogen-bond donors (Lipinski definition) is 1. The average Bonchev–Trinajstić information content (AvgIpc) is 2.93. The first-order valence-corrected chi connectivity index (χ1v) is 12.9. The van der Waals surface area contributed by atoms with E-state index >= 15 is 0 Å². The number of hydrogen-bond acceptors (Lipinski definition) is 8. The number of ether oxygens (including phenoxy) is 3. The number of nitrogens with zero attached hydrogens (tertiary/aromatic N) is 3. The van der Waals surface area contributed by atoms with Crippen LogP contribution in [0, 0.1) is 11.3 Å². The number of nitrogens with one attached hydrogen (secondary N) is 1. The van der Waals surface area contributed by atoms with Crippen LogP contribution in [0.25, 0.3) is 11.1 Å². The molecule has 2 heterocycles. The van der Waals surface area contributed by atoms with Crippen LogP contribution in [0.3, 0.4) is 0 Å². The molecule has 0 unspecified atom stereocenters. The van der Waals surface area contributed by atoms with Crippen molar-refractivity contribution in [3.63, 3.8) is 0 Å². The van der Waals surface area contributed by atoms with Crippen LogP contribution >= 0.6 is 11.8 Å². The van der Waals surface area contributed by atoms with E-state index < -0.39 is 0 Å². The lowest BCUT2D eigenvalue weighted by atomic mass is 9.91. The fraction of sp³-hybridized carbons (Fsp3) is 0.321. The molecule has 4 rings (SSSR count). The number of carbonyl (C=O) groups is 1. The molecule has 8 nitrogen and oxygen atoms in total. The number of likely N-dealkylation sites (N-methyl/N-ethyl adjacent to an activating group) is 1. The Morgan fingerprint density at radius 2 is 1.84 bits per heavy atom. The van der Waals surface area contributed by atoms with Gasteiger partial charge in [0.1, 0.15) is 11.1 Å². The van der Waals surface area contributed by atoms with Gasteiger partial charge in [0.25, 0.3) is 0 Å². The average molecular weight is 519 g/mol. The molecule has 0 atom stereocenters. The molecule has 1 aliphatic rings. The highest BCUT2D eigenvalue weighted by molar-refractivity contribution is 8.00. The Morgan fingerprint density at radius 1 is 1.14 bits per heavy atom. The lowest BCUT2D eigenvalue weighted by Gasteiger charge is -2.28. The fourth-order valence-electron chi connectivity index (χ4n) is 4.40. The highest BCUT2D eigenvalue weighted by Gasteiger charge is 2.27. The second kappa shape index (κ2) is 12.0. The standard InChI is InChI=1S/C28H30N4O4S/c1-32-11-10-22-21(16-32)26(19-12-23(34-2)27(36-4)24(13-19)35-3)20(14-29)28(31-22)37-17-25(33)30-15-18-8-6-5-7-9-18/h5-9,12-13H,10-11,15-17H2,1-4H3,(H,30,33). The summed E-state index contributed by atoms with van der Waals surface area (Å²) in [7, 11) is 6.74. The summed E-state index contributed by atoms with van der Waals surface area (Å²) in [5.74, 6) is 1.53. The topological polar surface area (TPSA) is 96.7 Å². The summed E-state index contributed by atoms with van der Waals surface area (Å²) in [6.07, 6.45) is 0.753. The van der Waals surface area contributed by atoms with Crippen LogP contribution in [0.5, 0.6) is 17.2 Å². The van der Waals surface area contributed by atoms with E-state index in [0.717, 1.165) is 40.9 Å². The molecule has 1 aliphatic heterocycles. The minimum Gasteiger partial charge on any atom is -0.493 e. The van der Waals surface area contributed by atoms with Gasteiger partial charge in [-0.1, -0.05) is 42.1 Å². The maximum absolute atomic E-state index is 12.6. The predicted octanol–water partition coefficient (Wildman–Crippen LogP) is 4.04. The zero-order valence-corrected chi connectivity index (χ0v) is 22.3. The molecule has 37 heavy (non-hydrogen) atoms. The number of amides is 1. The Kier molecular flexibility index (Phi) is 8.54. The highest BCUT2D eigenvalue weighted by atomic mass is 32.2. The number of benzene rings is 2. The second-order valence-electron chi connectivity index (χ2n) is 8.66. The Morgan fingerprint density at radius 3 is 2.46 bits per heavy atom. The Hall–Kier alpha value is -3.74. The summed E-state index contributed by atoms with van der Waals surface area (Å²) in [6, 6.07) is 15.8. The number of methoxy groups -OCH3 is 3. The van der Waals surface area contributed by atoms with Gasteiger partial charge in [-0.3, -0.25) is 4.79 Å². The van der Waals surface area contributed by atoms with E-state index in [2.05, 4.69) is 16.3 Å². The van der Waals surface area contributed by atoms with Crippen LogP contribution in [0.2, 0.25) is 0 Å². The Balaban J connectivity index is 1.72. The van der Waals surface area contributed by atoms with Gasteiger partial charge in [-0.25, -0.2) is 4.98 Å². The first kappa shape index (κ1) is 26.3. The number of pyridine rings is 1. The minimum atomic E-state index is -0.119. The molecule has 2 aromatic carbocycles. The molecule has 0 radical (unpaired) electrons. The van der Waals surface area contributed by atoms with Crippen LogP contribution in [0.15, 0.2) is 47.5 Å². The normalized spacial score (nSPS) is 12.8. The maximum Gasteiger partial charge on any atom is 0.230 e. The van der Waals surface area contributed by atoms with E-state index in [4.69, 9.17) is 19.2 Å². The third-order valence-corrected chi connectivity index (χ3v) is 7.22. The maximum atomic E-state index is 12.6. The van der Waals surface area contributed by atoms with Crippen molar-refractivity contribution in [2.75, 3.05) is 40.7 Å². The number of nitriles is 1. The second-order valence-corrected chi connectivity index (χ2v) is 9.62. The SMILES string of the molecule is COc1cc(-c2c(C#N)c(SCC(=O)NCc3ccccc3)nc3c2CN(C)CC3)cc(OC)c1OC. The van der Waals surface area contributed by atoms with Crippen molar-refractivity contribution in [3.8, 4) is 34.4 Å². The molecule has 9 heteroatoms. The molecular formula is C28H30N4O4S. The Labute approximate surface area is 221 Å². The Bertz CT molecular complexity index is 1300. The molecule has 0 saturated heterocycles. The summed E-state index contributed by atoms with van der Waals surface area (Å²) >= 11 is 1.28. The third-order valence-electron chi connectivity index (χ3n) is 6.25. The lowest BCUT2D eigenvalue weighted by Crippen LogP contribution is -2.28. The molecule has 0 spiro atoms. The van der Waals surface area contributed by atoms with E-state index in [1.54, 1.807) is 21.3 Å². The van der Waals surface area contributed by atoms with Gasteiger partial charge in [-0.2, -0.15) is 5.26 Å². The van der Waals surface area contributed by atoms with E-state index in [1.165, 1.54) is 11.8 Å². The predicted molar refractivity (Wildman–Crippen MR) is 143 cm³/mol. The van der Waals surface area contributed by atoms with E-state index in [9.17, 15) is 10.1 Å². The highest BCUT2D eigenvalue weighted by Crippen LogP contribution is 2.44. The molecule has 1 N–H and O–H groups in total. The summed E-state index contributed by atoms with van der Waals surface area (Å²) < 4.78 is 16.7. The van der Waals surface area contributed by atoms with Crippen molar-refractivity contribution in [2.45, 2.75) is 24.5 Å². The van der Waals surface area contributed by atoms with Crippen molar-refractivity contribution >= 4 is 17.7 Å². The number of carbonyl (C=O) groups excluding carboxylic acids is 1. The molecule has 3 aromatic rings. The van der Waals surface area contributed by atoms with Crippen LogP contribution < -0.4 is 19.5 Å². The minimum absolute atomic E-state index is 0.119. The summed E-state index contributed by atoms with van der Waals surface area (Å²) in [5.41, 5.74) is 4.95. The van der Waals surface area contributed by atoms with Crippen LogP contribution in [0.4, 0.5) is 0 Å². The number of rotatable bonds is 9. The zero-order chi connectivity index (χ0) is 26.4. The van der Waals surface area contributed by atoms with Gasteiger partial charge in [-0.15, -0.1) is 0 Å². The van der Waals surface area contributed by atoms with Gasteiger partial charge in [0.15, 0.2) is 11.5 Å². The molecular weight excluding hydrogens is 488 g/mol. The lowest BCUT2D eigenvalue weighted by molar-refractivity contribution is -0.118. The molecule has 192 valence electrons. The van der Waals surface area contributed by atoms with Gasteiger partial charge in [0, 0.05) is 37.3 Å². The summed E-state index contributed by atoms with van der Waals surface area (Å²) in [4.78, 5) is 19.7. The van der Waals surface area contributed by atoms with Gasteiger partial charge in [0.2, 0.25) is 11.7 Å². The molecule has 1 aromatic heterocycles. The van der Waals surface area contributed by atoms with Gasteiger partial charge < -0.3 is 24.4 Å². The first-order valence-electron chi connectivity index (χ1n) is 11.9. The smallest absolute Gasteiger partial charge is 0.230 e. The van der Waals surface area contributed by atoms with Crippen molar-refractivity contribution < 1.29 is 19.0 Å². The van der Waals surface area contributed by atoms with Gasteiger partial charge >= 0.3 is 0 Å². The van der Waals surface area contributed by atoms with Gasteiger partial charge in [0.05, 0.1) is 32.6 Å². The van der Waals surface area contributed by atoms with Crippen LogP contribution in [-0.2, 0) is 24.3 Å². The van der Waals surface area contributed by atoms with Crippen LogP contribution in [-0.4, -0.2) is 56.5 Å². The van der Waals surface area contributed by atoms with Crippen molar-refractivity contribution in [2.24, 2.45) is 0 Å². The van der Waals surface area contributed by atoms with Crippen molar-refractivity contribution in [3.05, 3.63) is 64.8 Å². The van der Waals surface area contributed by atoms with Crippen molar-refractivity contribution in [1.29, 1.82) is 5.26 Å². The van der Waals surface area contributed by atoms with E-state index in [0.29, 0.717) is 40.9 Å². The van der Waals surface area contributed by atoms with E-state index in [-0.39, 0.29) is 11.7 Å². The molecule has 0 bridgehead atoms. The van der Waals surface area contributed by atoms with Crippen molar-refractivity contribution in [1.82, 2.24) is 15.2 Å². The fourth-order valence-corrected chi connectivity index (χ4v) is 5.24. The largest absolute Gasteiger partial charge is 0.493 e. The quantitative estimate of drug-likeness (QED) is 0.424. The molecule has 1 amide bonds.